The van der Waals surface area contributed by atoms with Gasteiger partial charge >= 0.3 is 6.09 Å². The SMILES string of the molecule is CC1(C)CCC(C(=O)C(F)F)N(C(=O)OC(C)(C)C)C1. The molecular weight excluding hydrogens is 268 g/mol. The molecule has 6 heteroatoms. The van der Waals surface area contributed by atoms with Crippen LogP contribution in [0, 0.1) is 5.41 Å². The molecule has 1 rings (SSSR count). The number of hydrogen-bond acceptors (Lipinski definition) is 3. The van der Waals surface area contributed by atoms with Crippen LogP contribution in [0.2, 0.25) is 0 Å². The summed E-state index contributed by atoms with van der Waals surface area (Å²) in [5.41, 5.74) is -0.938. The molecule has 0 aromatic carbocycles. The van der Waals surface area contributed by atoms with E-state index in [1.165, 1.54) is 0 Å². The predicted octanol–water partition coefficient (Wildman–Crippen LogP) is 3.25. The van der Waals surface area contributed by atoms with Crippen molar-refractivity contribution in [3.05, 3.63) is 0 Å². The highest BCUT2D eigenvalue weighted by Crippen LogP contribution is 2.33. The number of ketones is 1. The lowest BCUT2D eigenvalue weighted by Gasteiger charge is -2.43. The molecular formula is C14H23F2NO3. The van der Waals surface area contributed by atoms with Crippen LogP contribution in [0.25, 0.3) is 0 Å². The van der Waals surface area contributed by atoms with E-state index in [0.29, 0.717) is 6.42 Å². The van der Waals surface area contributed by atoms with E-state index in [2.05, 4.69) is 0 Å². The van der Waals surface area contributed by atoms with Gasteiger partial charge in [-0.3, -0.25) is 9.69 Å². The number of carbonyl (C=O) groups is 2. The third-order valence-corrected chi connectivity index (χ3v) is 3.24. The molecule has 4 nitrogen and oxygen atoms in total. The highest BCUT2D eigenvalue weighted by molar-refractivity contribution is 5.90. The molecule has 1 saturated heterocycles. The molecule has 0 aliphatic carbocycles. The van der Waals surface area contributed by atoms with Crippen LogP contribution in [0.3, 0.4) is 0 Å². The second kappa shape index (κ2) is 5.66. The number of alkyl halides is 2. The number of hydrogen-bond donors (Lipinski definition) is 0. The summed E-state index contributed by atoms with van der Waals surface area (Å²) in [5, 5.41) is 0. The van der Waals surface area contributed by atoms with Gasteiger partial charge in [0, 0.05) is 6.54 Å². The monoisotopic (exact) mass is 291 g/mol. The van der Waals surface area contributed by atoms with E-state index in [0.717, 1.165) is 4.90 Å². The topological polar surface area (TPSA) is 46.6 Å². The Balaban J connectivity index is 2.93. The van der Waals surface area contributed by atoms with Crippen LogP contribution in [-0.2, 0) is 9.53 Å². The van der Waals surface area contributed by atoms with Crippen LogP contribution in [0.4, 0.5) is 13.6 Å². The number of nitrogens with zero attached hydrogens (tertiary/aromatic N) is 1. The lowest BCUT2D eigenvalue weighted by atomic mass is 9.80. The Morgan fingerprint density at radius 2 is 1.85 bits per heavy atom. The fourth-order valence-electron chi connectivity index (χ4n) is 2.29. The summed E-state index contributed by atoms with van der Waals surface area (Å²) in [7, 11) is 0. The second-order valence-electron chi connectivity index (χ2n) is 7.03. The molecule has 0 radical (unpaired) electrons. The number of halogens is 2. The van der Waals surface area contributed by atoms with Gasteiger partial charge in [0.1, 0.15) is 5.60 Å². The largest absolute Gasteiger partial charge is 0.444 e. The van der Waals surface area contributed by atoms with Crippen molar-refractivity contribution < 1.29 is 23.1 Å². The number of likely N-dealkylation sites (tertiary alicyclic amines) is 1. The average Bonchev–Trinajstić information content (AvgIpc) is 2.24. The molecule has 1 heterocycles. The zero-order valence-electron chi connectivity index (χ0n) is 12.7. The Bertz CT molecular complexity index is 388. The Kier molecular flexibility index (Phi) is 4.77. The van der Waals surface area contributed by atoms with Crippen molar-refractivity contribution in [2.75, 3.05) is 6.54 Å². The lowest BCUT2D eigenvalue weighted by Crippen LogP contribution is -2.55. The summed E-state index contributed by atoms with van der Waals surface area (Å²) in [4.78, 5) is 24.9. The fourth-order valence-corrected chi connectivity index (χ4v) is 2.29. The van der Waals surface area contributed by atoms with Crippen LogP contribution in [-0.4, -0.2) is 41.4 Å². The molecule has 0 aromatic rings. The third kappa shape index (κ3) is 4.42. The number of rotatable bonds is 2. The number of Topliss-reactive ketones (excluding diaryl/α,β-unsaturated/α-hetero) is 1. The van der Waals surface area contributed by atoms with E-state index < -0.39 is 29.9 Å². The molecule has 1 aliphatic rings. The van der Waals surface area contributed by atoms with Crippen molar-refractivity contribution >= 4 is 11.9 Å². The summed E-state index contributed by atoms with van der Waals surface area (Å²) in [5.74, 6) is -1.20. The van der Waals surface area contributed by atoms with Crippen LogP contribution in [0.5, 0.6) is 0 Å². The summed E-state index contributed by atoms with van der Waals surface area (Å²) < 4.78 is 30.5. The summed E-state index contributed by atoms with van der Waals surface area (Å²) in [6.45, 7) is 9.21. The first-order chi connectivity index (χ1) is 8.93. The van der Waals surface area contributed by atoms with E-state index >= 15 is 0 Å². The van der Waals surface area contributed by atoms with Crippen molar-refractivity contribution in [1.29, 1.82) is 0 Å². The molecule has 0 bridgehead atoms. The van der Waals surface area contributed by atoms with Crippen molar-refractivity contribution in [2.24, 2.45) is 5.41 Å². The molecule has 116 valence electrons. The minimum atomic E-state index is -3.06. The standard InChI is InChI=1S/C14H23F2NO3/c1-13(2,3)20-12(19)17-8-14(4,5)7-6-9(17)10(18)11(15)16/h9,11H,6-8H2,1-5H3. The Morgan fingerprint density at radius 1 is 1.30 bits per heavy atom. The van der Waals surface area contributed by atoms with Crippen molar-refractivity contribution in [2.45, 2.75) is 65.5 Å². The molecule has 1 unspecified atom stereocenters. The first-order valence-electron chi connectivity index (χ1n) is 6.74. The smallest absolute Gasteiger partial charge is 0.410 e. The van der Waals surface area contributed by atoms with Crippen LogP contribution in [0.15, 0.2) is 0 Å². The Hall–Kier alpha value is -1.20. The maximum Gasteiger partial charge on any atom is 0.410 e. The number of piperidine rings is 1. The van der Waals surface area contributed by atoms with Crippen molar-refractivity contribution in [3.63, 3.8) is 0 Å². The van der Waals surface area contributed by atoms with Crippen molar-refractivity contribution in [1.82, 2.24) is 4.90 Å². The minimum Gasteiger partial charge on any atom is -0.444 e. The molecule has 1 atom stereocenters. The molecule has 0 saturated carbocycles. The van der Waals surface area contributed by atoms with E-state index in [1.807, 2.05) is 13.8 Å². The first kappa shape index (κ1) is 16.9. The maximum absolute atomic E-state index is 12.7. The van der Waals surface area contributed by atoms with E-state index in [1.54, 1.807) is 20.8 Å². The molecule has 0 N–H and O–H groups in total. The van der Waals surface area contributed by atoms with Gasteiger partial charge in [-0.15, -0.1) is 0 Å². The third-order valence-electron chi connectivity index (χ3n) is 3.24. The average molecular weight is 291 g/mol. The minimum absolute atomic E-state index is 0.212. The molecule has 0 spiro atoms. The molecule has 1 aliphatic heterocycles. The molecule has 0 aromatic heterocycles. The van der Waals surface area contributed by atoms with E-state index in [9.17, 15) is 18.4 Å². The van der Waals surface area contributed by atoms with Gasteiger partial charge in [0.25, 0.3) is 6.43 Å². The lowest BCUT2D eigenvalue weighted by molar-refractivity contribution is -0.137. The highest BCUT2D eigenvalue weighted by Gasteiger charge is 2.43. The van der Waals surface area contributed by atoms with Gasteiger partial charge in [0.2, 0.25) is 5.78 Å². The highest BCUT2D eigenvalue weighted by atomic mass is 19.3. The van der Waals surface area contributed by atoms with Crippen LogP contribution in [0.1, 0.15) is 47.5 Å². The summed E-state index contributed by atoms with van der Waals surface area (Å²) >= 11 is 0. The van der Waals surface area contributed by atoms with Gasteiger partial charge in [-0.05, 0) is 39.0 Å². The van der Waals surface area contributed by atoms with Crippen LogP contribution < -0.4 is 0 Å². The van der Waals surface area contributed by atoms with Gasteiger partial charge in [-0.25, -0.2) is 13.6 Å². The number of ether oxygens (including phenoxy) is 1. The van der Waals surface area contributed by atoms with E-state index in [4.69, 9.17) is 4.74 Å². The van der Waals surface area contributed by atoms with Gasteiger partial charge in [0.05, 0.1) is 6.04 Å². The second-order valence-corrected chi connectivity index (χ2v) is 7.03. The van der Waals surface area contributed by atoms with Gasteiger partial charge in [0.15, 0.2) is 0 Å². The quantitative estimate of drug-likeness (QED) is 0.784. The fraction of sp³-hybridized carbons (Fsp3) is 0.857. The number of carbonyl (C=O) groups excluding carboxylic acids is 2. The van der Waals surface area contributed by atoms with E-state index in [-0.39, 0.29) is 18.4 Å². The maximum atomic E-state index is 12.7. The Morgan fingerprint density at radius 3 is 2.30 bits per heavy atom. The normalized spacial score (nSPS) is 22.8. The molecule has 1 fully saturated rings. The van der Waals surface area contributed by atoms with Gasteiger partial charge < -0.3 is 4.74 Å². The Labute approximate surface area is 118 Å². The zero-order chi connectivity index (χ0) is 15.7. The summed E-state index contributed by atoms with van der Waals surface area (Å²) in [6, 6.07) is -1.09. The predicted molar refractivity (Wildman–Crippen MR) is 70.8 cm³/mol. The first-order valence-corrected chi connectivity index (χ1v) is 6.74. The van der Waals surface area contributed by atoms with Gasteiger partial charge in [-0.1, -0.05) is 13.8 Å². The molecule has 1 amide bonds. The van der Waals surface area contributed by atoms with Crippen LogP contribution >= 0.6 is 0 Å². The molecule has 20 heavy (non-hydrogen) atoms. The van der Waals surface area contributed by atoms with Crippen molar-refractivity contribution in [3.8, 4) is 0 Å². The van der Waals surface area contributed by atoms with Gasteiger partial charge in [-0.2, -0.15) is 0 Å². The zero-order valence-corrected chi connectivity index (χ0v) is 12.7. The summed E-state index contributed by atoms with van der Waals surface area (Å²) in [6.07, 6.45) is -2.90. The number of amides is 1.